The van der Waals surface area contributed by atoms with E-state index in [4.69, 9.17) is 18.9 Å². The van der Waals surface area contributed by atoms with Crippen LogP contribution in [0.4, 0.5) is 0 Å². The largest absolute Gasteiger partial charge is 0.388 e. The molecule has 0 radical (unpaired) electrons. The number of hydrogen-bond donors (Lipinski definition) is 7. The van der Waals surface area contributed by atoms with Crippen molar-refractivity contribution in [2.45, 2.75) is 61.4 Å². The summed E-state index contributed by atoms with van der Waals surface area (Å²) < 4.78 is 21.4. The fourth-order valence-electron chi connectivity index (χ4n) is 2.75. The number of ether oxygens (including phenoxy) is 4. The Hall–Kier alpha value is 0.340. The summed E-state index contributed by atoms with van der Waals surface area (Å²) in [6, 6.07) is 0. The van der Waals surface area contributed by atoms with E-state index in [-0.39, 0.29) is 11.5 Å². The Morgan fingerprint density at radius 1 is 0.750 bits per heavy atom. The van der Waals surface area contributed by atoms with Gasteiger partial charge in [0.2, 0.25) is 0 Å². The van der Waals surface area contributed by atoms with Gasteiger partial charge in [-0.2, -0.15) is 25.3 Å². The van der Waals surface area contributed by atoms with Crippen molar-refractivity contribution >= 4 is 25.3 Å². The molecule has 0 aliphatic carbocycles. The molecule has 142 valence electrons. The van der Waals surface area contributed by atoms with Gasteiger partial charge < -0.3 is 44.5 Å². The van der Waals surface area contributed by atoms with Crippen LogP contribution in [0.3, 0.4) is 0 Å². The molecular formula is C13H24O9S2. The van der Waals surface area contributed by atoms with Crippen molar-refractivity contribution in [1.29, 1.82) is 0 Å². The van der Waals surface area contributed by atoms with Crippen molar-refractivity contribution in [3.8, 4) is 0 Å². The number of methoxy groups -OCH3 is 1. The van der Waals surface area contributed by atoms with E-state index in [2.05, 4.69) is 25.3 Å². The zero-order chi connectivity index (χ0) is 18.0. The van der Waals surface area contributed by atoms with Crippen LogP contribution in [-0.2, 0) is 18.9 Å². The lowest BCUT2D eigenvalue weighted by Crippen LogP contribution is -2.64. The summed E-state index contributed by atoms with van der Waals surface area (Å²) in [6.07, 6.45) is -12.3. The van der Waals surface area contributed by atoms with Gasteiger partial charge in [-0.3, -0.25) is 0 Å². The van der Waals surface area contributed by atoms with E-state index in [9.17, 15) is 25.5 Å². The second kappa shape index (κ2) is 8.82. The highest BCUT2D eigenvalue weighted by Gasteiger charge is 2.50. The molecule has 2 aliphatic heterocycles. The molecule has 2 aliphatic rings. The van der Waals surface area contributed by atoms with Gasteiger partial charge >= 0.3 is 0 Å². The Kier molecular flexibility index (Phi) is 7.59. The van der Waals surface area contributed by atoms with E-state index < -0.39 is 61.4 Å². The van der Waals surface area contributed by atoms with E-state index in [0.717, 1.165) is 0 Å². The summed E-state index contributed by atoms with van der Waals surface area (Å²) in [5.74, 6) is 0.219. The Morgan fingerprint density at radius 3 is 1.83 bits per heavy atom. The van der Waals surface area contributed by atoms with Crippen LogP contribution in [0.25, 0.3) is 0 Å². The minimum Gasteiger partial charge on any atom is -0.388 e. The summed E-state index contributed by atoms with van der Waals surface area (Å²) in [4.78, 5) is 0. The molecular weight excluding hydrogens is 364 g/mol. The fraction of sp³-hybridized carbons (Fsp3) is 1.00. The van der Waals surface area contributed by atoms with E-state index in [1.165, 1.54) is 7.11 Å². The highest BCUT2D eigenvalue weighted by Crippen LogP contribution is 2.29. The maximum Gasteiger partial charge on any atom is 0.187 e. The molecule has 11 heteroatoms. The van der Waals surface area contributed by atoms with E-state index in [1.54, 1.807) is 0 Å². The Balaban J connectivity index is 2.12. The molecule has 2 saturated heterocycles. The average molecular weight is 388 g/mol. The van der Waals surface area contributed by atoms with Gasteiger partial charge in [-0.1, -0.05) is 0 Å². The molecule has 0 aromatic heterocycles. The van der Waals surface area contributed by atoms with Crippen LogP contribution in [0.1, 0.15) is 0 Å². The van der Waals surface area contributed by atoms with Gasteiger partial charge in [0, 0.05) is 18.6 Å². The first kappa shape index (κ1) is 20.6. The molecule has 0 bridgehead atoms. The van der Waals surface area contributed by atoms with Crippen molar-refractivity contribution in [2.75, 3.05) is 18.6 Å². The zero-order valence-corrected chi connectivity index (χ0v) is 14.7. The first-order chi connectivity index (χ1) is 11.3. The Morgan fingerprint density at radius 2 is 1.29 bits per heavy atom. The van der Waals surface area contributed by atoms with E-state index >= 15 is 0 Å². The first-order valence-electron chi connectivity index (χ1n) is 7.46. The molecule has 24 heavy (non-hydrogen) atoms. The summed E-state index contributed by atoms with van der Waals surface area (Å²) in [5, 5.41) is 50.0. The van der Waals surface area contributed by atoms with Gasteiger partial charge in [0.1, 0.15) is 36.6 Å². The third kappa shape index (κ3) is 4.01. The zero-order valence-electron chi connectivity index (χ0n) is 13.0. The summed E-state index contributed by atoms with van der Waals surface area (Å²) in [6.45, 7) is 0. The molecule has 2 rings (SSSR count). The molecule has 10 atom stereocenters. The second-order valence-electron chi connectivity index (χ2n) is 5.74. The summed E-state index contributed by atoms with van der Waals surface area (Å²) >= 11 is 8.14. The second-order valence-corrected chi connectivity index (χ2v) is 6.47. The van der Waals surface area contributed by atoms with Crippen molar-refractivity contribution in [3.05, 3.63) is 0 Å². The highest BCUT2D eigenvalue weighted by atomic mass is 32.1. The summed E-state index contributed by atoms with van der Waals surface area (Å²) in [5.41, 5.74) is 0. The van der Waals surface area contributed by atoms with Crippen LogP contribution in [0.5, 0.6) is 0 Å². The molecule has 5 N–H and O–H groups in total. The third-order valence-electron chi connectivity index (χ3n) is 4.19. The Labute approximate surface area is 150 Å². The molecule has 0 saturated carbocycles. The number of hydrogen-bond acceptors (Lipinski definition) is 11. The lowest BCUT2D eigenvalue weighted by atomic mass is 9.97. The quantitative estimate of drug-likeness (QED) is 0.248. The molecule has 0 aromatic carbocycles. The predicted molar refractivity (Wildman–Crippen MR) is 86.9 cm³/mol. The smallest absolute Gasteiger partial charge is 0.187 e. The van der Waals surface area contributed by atoms with Crippen LogP contribution in [-0.4, -0.2) is 106 Å². The van der Waals surface area contributed by atoms with E-state index in [1.807, 2.05) is 0 Å². The monoisotopic (exact) mass is 388 g/mol. The van der Waals surface area contributed by atoms with Gasteiger partial charge in [0.25, 0.3) is 0 Å². The summed E-state index contributed by atoms with van der Waals surface area (Å²) in [7, 11) is 1.32. The van der Waals surface area contributed by atoms with E-state index in [0.29, 0.717) is 0 Å². The van der Waals surface area contributed by atoms with Gasteiger partial charge in [-0.25, -0.2) is 0 Å². The van der Waals surface area contributed by atoms with Crippen LogP contribution in [0, 0.1) is 0 Å². The van der Waals surface area contributed by atoms with Crippen molar-refractivity contribution in [1.82, 2.24) is 0 Å². The van der Waals surface area contributed by atoms with Gasteiger partial charge in [-0.05, 0) is 0 Å². The molecule has 0 amide bonds. The minimum absolute atomic E-state index is 0.0822. The minimum atomic E-state index is -1.55. The van der Waals surface area contributed by atoms with Crippen LogP contribution < -0.4 is 0 Å². The normalized spacial score (nSPS) is 50.0. The first-order valence-corrected chi connectivity index (χ1v) is 8.73. The topological polar surface area (TPSA) is 138 Å². The van der Waals surface area contributed by atoms with Crippen molar-refractivity contribution in [3.63, 3.8) is 0 Å². The fourth-order valence-corrected chi connectivity index (χ4v) is 3.35. The average Bonchev–Trinajstić information content (AvgIpc) is 2.59. The van der Waals surface area contributed by atoms with Gasteiger partial charge in [0.05, 0.1) is 12.2 Å². The SMILES string of the molecule is CO[C@@H]1OC(CS)[C@@H](O[C@@H]2OC(CS)[C@@H](O)C(O)[C@@H]2O)C(O)C1O. The predicted octanol–water partition coefficient (Wildman–Crippen LogP) is -2.87. The molecule has 2 heterocycles. The molecule has 5 unspecified atom stereocenters. The van der Waals surface area contributed by atoms with Crippen LogP contribution >= 0.6 is 25.3 Å². The third-order valence-corrected chi connectivity index (χ3v) is 4.91. The van der Waals surface area contributed by atoms with Gasteiger partial charge in [-0.15, -0.1) is 0 Å². The molecule has 0 aromatic rings. The number of rotatable bonds is 5. The Bertz CT molecular complexity index is 400. The van der Waals surface area contributed by atoms with Gasteiger partial charge in [0.15, 0.2) is 12.6 Å². The number of aliphatic hydroxyl groups excluding tert-OH is 5. The van der Waals surface area contributed by atoms with Crippen molar-refractivity contribution < 1.29 is 44.5 Å². The number of thiol groups is 2. The van der Waals surface area contributed by atoms with Crippen LogP contribution in [0.15, 0.2) is 0 Å². The number of aliphatic hydroxyl groups is 5. The molecule has 9 nitrogen and oxygen atoms in total. The maximum absolute atomic E-state index is 10.3. The maximum atomic E-state index is 10.3. The lowest BCUT2D eigenvalue weighted by Gasteiger charge is -2.46. The lowest BCUT2D eigenvalue weighted by molar-refractivity contribution is -0.349. The standard InChI is InChI=1S/C13H24O9S2/c1-19-12-10(18)8(16)11(5(3-24)21-12)22-13-9(17)7(15)6(14)4(2-23)20-13/h4-18,23-24H,2-3H2,1H3/t4?,5?,6-,7?,8?,9+,10?,11-,12-,13+/m1/s1. The van der Waals surface area contributed by atoms with Crippen molar-refractivity contribution in [2.24, 2.45) is 0 Å². The van der Waals surface area contributed by atoms with Crippen LogP contribution in [0.2, 0.25) is 0 Å². The highest BCUT2D eigenvalue weighted by molar-refractivity contribution is 7.80. The molecule has 2 fully saturated rings. The molecule has 0 spiro atoms.